The van der Waals surface area contributed by atoms with Crippen LogP contribution < -0.4 is 5.73 Å². The van der Waals surface area contributed by atoms with E-state index in [0.717, 1.165) is 5.82 Å². The predicted octanol–water partition coefficient (Wildman–Crippen LogP) is -0.456. The molecular weight excluding hydrogens is 132 g/mol. The summed E-state index contributed by atoms with van der Waals surface area (Å²) in [5.41, 5.74) is 5.31. The number of nitrogens with zero attached hydrogens (tertiary/aromatic N) is 3. The Morgan fingerprint density at radius 3 is 2.80 bits per heavy atom. The van der Waals surface area contributed by atoms with Gasteiger partial charge in [0.05, 0.1) is 0 Å². The van der Waals surface area contributed by atoms with Crippen LogP contribution in [0, 0.1) is 0 Å². The van der Waals surface area contributed by atoms with Crippen LogP contribution in [0.5, 0.6) is 0 Å². The maximum atomic E-state index is 5.31. The van der Waals surface area contributed by atoms with Crippen molar-refractivity contribution in [2.75, 3.05) is 12.8 Å². The van der Waals surface area contributed by atoms with E-state index in [-0.39, 0.29) is 5.95 Å². The molecule has 0 unspecified atom stereocenters. The molecule has 1 rings (SSSR count). The number of ether oxygens (including phenoxy) is 1. The molecule has 10 heavy (non-hydrogen) atoms. The highest BCUT2D eigenvalue weighted by atomic mass is 16.5. The fraction of sp³-hybridized carbons (Fsp3) is 0.600. The molecule has 0 atom stereocenters. The SMILES string of the molecule is COCc1nc(N)nn1C. The van der Waals surface area contributed by atoms with Crippen molar-refractivity contribution in [3.8, 4) is 0 Å². The average Bonchev–Trinajstić information content (AvgIpc) is 2.13. The highest BCUT2D eigenvalue weighted by Gasteiger charge is 2.01. The van der Waals surface area contributed by atoms with E-state index >= 15 is 0 Å². The Hall–Kier alpha value is -1.10. The van der Waals surface area contributed by atoms with E-state index in [1.54, 1.807) is 18.8 Å². The molecule has 0 radical (unpaired) electrons. The van der Waals surface area contributed by atoms with Gasteiger partial charge in [0.25, 0.3) is 0 Å². The van der Waals surface area contributed by atoms with Crippen LogP contribution in [0.3, 0.4) is 0 Å². The lowest BCUT2D eigenvalue weighted by atomic mass is 10.6. The molecule has 5 nitrogen and oxygen atoms in total. The van der Waals surface area contributed by atoms with Gasteiger partial charge < -0.3 is 10.5 Å². The number of methoxy groups -OCH3 is 1. The van der Waals surface area contributed by atoms with Crippen LogP contribution in [0.2, 0.25) is 0 Å². The third-order valence-electron chi connectivity index (χ3n) is 1.14. The second-order valence-electron chi connectivity index (χ2n) is 1.94. The Morgan fingerprint density at radius 1 is 1.70 bits per heavy atom. The summed E-state index contributed by atoms with van der Waals surface area (Å²) in [6.45, 7) is 0.445. The zero-order chi connectivity index (χ0) is 7.56. The zero-order valence-electron chi connectivity index (χ0n) is 6.03. The minimum atomic E-state index is 0.287. The second-order valence-corrected chi connectivity index (χ2v) is 1.94. The lowest BCUT2D eigenvalue weighted by Gasteiger charge is -1.94. The monoisotopic (exact) mass is 142 g/mol. The van der Waals surface area contributed by atoms with Gasteiger partial charge in [-0.25, -0.2) is 4.68 Å². The van der Waals surface area contributed by atoms with E-state index in [1.807, 2.05) is 0 Å². The van der Waals surface area contributed by atoms with E-state index in [1.165, 1.54) is 0 Å². The van der Waals surface area contributed by atoms with Gasteiger partial charge in [0.15, 0.2) is 5.82 Å². The Bertz CT molecular complexity index is 219. The normalized spacial score (nSPS) is 10.2. The van der Waals surface area contributed by atoms with Crippen LogP contribution in [0.25, 0.3) is 0 Å². The maximum absolute atomic E-state index is 5.31. The summed E-state index contributed by atoms with van der Waals surface area (Å²) < 4.78 is 6.44. The first-order chi connectivity index (χ1) is 4.74. The molecule has 0 fully saturated rings. The Balaban J connectivity index is 2.81. The molecule has 2 N–H and O–H groups in total. The van der Waals surface area contributed by atoms with Gasteiger partial charge in [-0.15, -0.1) is 5.10 Å². The topological polar surface area (TPSA) is 66.0 Å². The summed E-state index contributed by atoms with van der Waals surface area (Å²) in [7, 11) is 3.38. The van der Waals surface area contributed by atoms with Crippen molar-refractivity contribution in [2.24, 2.45) is 7.05 Å². The van der Waals surface area contributed by atoms with Crippen molar-refractivity contribution in [3.63, 3.8) is 0 Å². The fourth-order valence-corrected chi connectivity index (χ4v) is 0.693. The standard InChI is InChI=1S/C5H10N4O/c1-9-4(3-10-2)7-5(6)8-9/h3H2,1-2H3,(H2,6,8). The Kier molecular flexibility index (Phi) is 1.86. The fourth-order valence-electron chi connectivity index (χ4n) is 0.693. The Labute approximate surface area is 58.8 Å². The first-order valence-corrected chi connectivity index (χ1v) is 2.88. The molecule has 1 heterocycles. The predicted molar refractivity (Wildman–Crippen MR) is 36.1 cm³/mol. The summed E-state index contributed by atoms with van der Waals surface area (Å²) in [5, 5.41) is 3.83. The van der Waals surface area contributed by atoms with Crippen molar-refractivity contribution in [1.29, 1.82) is 0 Å². The van der Waals surface area contributed by atoms with Crippen LogP contribution >= 0.6 is 0 Å². The highest BCUT2D eigenvalue weighted by molar-refractivity contribution is 5.13. The number of anilines is 1. The molecule has 0 aliphatic rings. The largest absolute Gasteiger partial charge is 0.377 e. The third-order valence-corrected chi connectivity index (χ3v) is 1.14. The lowest BCUT2D eigenvalue weighted by Crippen LogP contribution is -2.00. The van der Waals surface area contributed by atoms with E-state index in [4.69, 9.17) is 10.5 Å². The molecule has 0 aliphatic heterocycles. The van der Waals surface area contributed by atoms with E-state index in [9.17, 15) is 0 Å². The smallest absolute Gasteiger partial charge is 0.239 e. The van der Waals surface area contributed by atoms with Gasteiger partial charge in [0.2, 0.25) is 5.95 Å². The van der Waals surface area contributed by atoms with Gasteiger partial charge in [-0.05, 0) is 0 Å². The number of nitrogen functional groups attached to an aromatic ring is 1. The van der Waals surface area contributed by atoms with Gasteiger partial charge in [0, 0.05) is 14.2 Å². The molecule has 5 heteroatoms. The van der Waals surface area contributed by atoms with Gasteiger partial charge >= 0.3 is 0 Å². The number of hydrogen-bond donors (Lipinski definition) is 1. The maximum Gasteiger partial charge on any atom is 0.239 e. The van der Waals surface area contributed by atoms with E-state index < -0.39 is 0 Å². The van der Waals surface area contributed by atoms with Gasteiger partial charge in [-0.3, -0.25) is 0 Å². The zero-order valence-corrected chi connectivity index (χ0v) is 6.03. The van der Waals surface area contributed by atoms with Crippen molar-refractivity contribution in [3.05, 3.63) is 5.82 Å². The first kappa shape index (κ1) is 7.01. The molecule has 0 spiro atoms. The molecule has 1 aromatic rings. The quantitative estimate of drug-likeness (QED) is 0.607. The number of aromatic nitrogens is 3. The molecule has 56 valence electrons. The van der Waals surface area contributed by atoms with Crippen LogP contribution in [-0.2, 0) is 18.4 Å². The number of hydrogen-bond acceptors (Lipinski definition) is 4. The molecule has 0 aromatic carbocycles. The van der Waals surface area contributed by atoms with E-state index in [2.05, 4.69) is 10.1 Å². The van der Waals surface area contributed by atoms with Crippen LogP contribution in [0.1, 0.15) is 5.82 Å². The molecule has 0 aliphatic carbocycles. The Morgan fingerprint density at radius 2 is 2.40 bits per heavy atom. The van der Waals surface area contributed by atoms with Crippen LogP contribution in [0.4, 0.5) is 5.95 Å². The molecular formula is C5H10N4O. The molecule has 0 bridgehead atoms. The summed E-state index contributed by atoms with van der Waals surface area (Å²) in [6.07, 6.45) is 0. The lowest BCUT2D eigenvalue weighted by molar-refractivity contribution is 0.174. The number of aryl methyl sites for hydroxylation is 1. The van der Waals surface area contributed by atoms with Crippen molar-refractivity contribution in [1.82, 2.24) is 14.8 Å². The van der Waals surface area contributed by atoms with Gasteiger partial charge in [-0.2, -0.15) is 4.98 Å². The van der Waals surface area contributed by atoms with Gasteiger partial charge in [-0.1, -0.05) is 0 Å². The van der Waals surface area contributed by atoms with E-state index in [0.29, 0.717) is 6.61 Å². The molecule has 0 saturated carbocycles. The summed E-state index contributed by atoms with van der Waals surface area (Å²) in [5.74, 6) is 1.02. The molecule has 0 saturated heterocycles. The minimum Gasteiger partial charge on any atom is -0.377 e. The van der Waals surface area contributed by atoms with Crippen molar-refractivity contribution in [2.45, 2.75) is 6.61 Å². The average molecular weight is 142 g/mol. The van der Waals surface area contributed by atoms with Crippen molar-refractivity contribution < 1.29 is 4.74 Å². The van der Waals surface area contributed by atoms with Crippen LogP contribution in [-0.4, -0.2) is 21.9 Å². The number of nitrogens with two attached hydrogens (primary N) is 1. The minimum absolute atomic E-state index is 0.287. The first-order valence-electron chi connectivity index (χ1n) is 2.88. The molecule has 0 amide bonds. The third kappa shape index (κ3) is 1.24. The van der Waals surface area contributed by atoms with Crippen LogP contribution in [0.15, 0.2) is 0 Å². The van der Waals surface area contributed by atoms with Gasteiger partial charge in [0.1, 0.15) is 6.61 Å². The summed E-state index contributed by atoms with van der Waals surface area (Å²) in [4.78, 5) is 3.90. The molecule has 1 aromatic heterocycles. The van der Waals surface area contributed by atoms with Crippen molar-refractivity contribution >= 4 is 5.95 Å². The number of rotatable bonds is 2. The summed E-state index contributed by atoms with van der Waals surface area (Å²) >= 11 is 0. The highest BCUT2D eigenvalue weighted by Crippen LogP contribution is 1.97. The summed E-state index contributed by atoms with van der Waals surface area (Å²) in [6, 6.07) is 0. The second kappa shape index (κ2) is 2.66.